The van der Waals surface area contributed by atoms with Gasteiger partial charge >= 0.3 is 5.97 Å². The number of nitrogens with zero attached hydrogens (tertiary/aromatic N) is 1. The van der Waals surface area contributed by atoms with Crippen molar-refractivity contribution in [1.29, 1.82) is 0 Å². The number of benzene rings is 1. The number of nitrogens with one attached hydrogen (secondary N) is 1. The normalized spacial score (nSPS) is 15.3. The lowest BCUT2D eigenvalue weighted by atomic mass is 10.1. The van der Waals surface area contributed by atoms with Gasteiger partial charge in [0.15, 0.2) is 0 Å². The summed E-state index contributed by atoms with van der Waals surface area (Å²) in [6.07, 6.45) is 2.09. The number of carboxylic acids is 1. The number of aryl methyl sites for hydroxylation is 1. The molecule has 1 aliphatic rings. The molecular weight excluding hydrogens is 268 g/mol. The van der Waals surface area contributed by atoms with Gasteiger partial charge in [-0.3, -0.25) is 9.59 Å². The smallest absolute Gasteiger partial charge is 0.305 e. The zero-order valence-electron chi connectivity index (χ0n) is 12.5. The fourth-order valence-electron chi connectivity index (χ4n) is 2.32. The average Bonchev–Trinajstić information content (AvgIpc) is 3.24. The van der Waals surface area contributed by atoms with Crippen LogP contribution in [-0.2, 0) is 9.59 Å². The first kappa shape index (κ1) is 15.4. The molecule has 1 fully saturated rings. The number of carbonyl (C=O) groups is 2. The summed E-state index contributed by atoms with van der Waals surface area (Å²) in [5.41, 5.74) is 1.95. The second-order valence-electron chi connectivity index (χ2n) is 5.58. The Morgan fingerprint density at radius 1 is 1.38 bits per heavy atom. The van der Waals surface area contributed by atoms with Crippen molar-refractivity contribution in [3.05, 3.63) is 29.8 Å². The summed E-state index contributed by atoms with van der Waals surface area (Å²) >= 11 is 0. The number of anilines is 1. The zero-order chi connectivity index (χ0) is 15.4. The lowest BCUT2D eigenvalue weighted by Gasteiger charge is -2.31. The highest BCUT2D eigenvalue weighted by Crippen LogP contribution is 2.23. The van der Waals surface area contributed by atoms with Crippen molar-refractivity contribution in [2.24, 2.45) is 0 Å². The average molecular weight is 290 g/mol. The third-order valence-electron chi connectivity index (χ3n) is 3.76. The molecule has 0 radical (unpaired) electrons. The van der Waals surface area contributed by atoms with E-state index < -0.39 is 5.97 Å². The van der Waals surface area contributed by atoms with Gasteiger partial charge in [-0.2, -0.15) is 0 Å². The first-order valence-corrected chi connectivity index (χ1v) is 7.33. The van der Waals surface area contributed by atoms with Crippen LogP contribution in [0.25, 0.3) is 0 Å². The summed E-state index contributed by atoms with van der Waals surface area (Å²) in [6.45, 7) is 4.11. The van der Waals surface area contributed by atoms with E-state index in [1.54, 1.807) is 0 Å². The maximum Gasteiger partial charge on any atom is 0.305 e. The fraction of sp³-hybridized carbons (Fsp3) is 0.500. The molecule has 1 unspecified atom stereocenters. The summed E-state index contributed by atoms with van der Waals surface area (Å²) < 4.78 is 0. The molecular formula is C16H22N2O3. The van der Waals surface area contributed by atoms with E-state index in [2.05, 4.69) is 5.32 Å². The maximum absolute atomic E-state index is 12.3. The van der Waals surface area contributed by atoms with Crippen LogP contribution in [0.1, 0.15) is 31.7 Å². The molecule has 1 aromatic carbocycles. The molecule has 0 saturated heterocycles. The van der Waals surface area contributed by atoms with Crippen molar-refractivity contribution in [3.63, 3.8) is 0 Å². The highest BCUT2D eigenvalue weighted by Gasteiger charge is 2.29. The Balaban J connectivity index is 2.15. The number of carbonyl (C=O) groups excluding carboxylic acids is 1. The van der Waals surface area contributed by atoms with Crippen molar-refractivity contribution in [3.8, 4) is 0 Å². The van der Waals surface area contributed by atoms with Gasteiger partial charge in [-0.1, -0.05) is 18.2 Å². The van der Waals surface area contributed by atoms with Gasteiger partial charge in [0.2, 0.25) is 5.91 Å². The third-order valence-corrected chi connectivity index (χ3v) is 3.76. The van der Waals surface area contributed by atoms with Crippen LogP contribution in [0.5, 0.6) is 0 Å². The SMILES string of the molecule is Cc1ccccc1N(CCC(=O)O)C(C)C(=O)NC1CC1. The van der Waals surface area contributed by atoms with E-state index >= 15 is 0 Å². The number of aliphatic carboxylic acids is 1. The third kappa shape index (κ3) is 4.21. The van der Waals surface area contributed by atoms with Crippen molar-refractivity contribution in [2.75, 3.05) is 11.4 Å². The molecule has 1 amide bonds. The molecule has 2 rings (SSSR count). The molecule has 5 nitrogen and oxygen atoms in total. The Bertz CT molecular complexity index is 526. The first-order valence-electron chi connectivity index (χ1n) is 7.33. The topological polar surface area (TPSA) is 69.6 Å². The van der Waals surface area contributed by atoms with Gasteiger partial charge in [-0.15, -0.1) is 0 Å². The Hall–Kier alpha value is -2.04. The van der Waals surface area contributed by atoms with Gasteiger partial charge in [0.1, 0.15) is 6.04 Å². The van der Waals surface area contributed by atoms with Crippen LogP contribution in [0, 0.1) is 6.92 Å². The summed E-state index contributed by atoms with van der Waals surface area (Å²) in [4.78, 5) is 25.0. The highest BCUT2D eigenvalue weighted by atomic mass is 16.4. The number of hydrogen-bond acceptors (Lipinski definition) is 3. The predicted molar refractivity (Wildman–Crippen MR) is 81.4 cm³/mol. The number of para-hydroxylation sites is 1. The lowest BCUT2D eigenvalue weighted by molar-refractivity contribution is -0.137. The molecule has 0 heterocycles. The molecule has 2 N–H and O–H groups in total. The number of hydrogen-bond donors (Lipinski definition) is 2. The largest absolute Gasteiger partial charge is 0.481 e. The van der Waals surface area contributed by atoms with E-state index in [0.717, 1.165) is 24.1 Å². The van der Waals surface area contributed by atoms with E-state index in [9.17, 15) is 9.59 Å². The lowest BCUT2D eigenvalue weighted by Crippen LogP contribution is -2.47. The molecule has 0 bridgehead atoms. The van der Waals surface area contributed by atoms with Crippen LogP contribution in [0.2, 0.25) is 0 Å². The van der Waals surface area contributed by atoms with E-state index in [0.29, 0.717) is 12.6 Å². The standard InChI is InChI=1S/C16H22N2O3/c1-11-5-3-4-6-14(11)18(10-9-15(19)20)12(2)16(21)17-13-7-8-13/h3-6,12-13H,7-10H2,1-2H3,(H,17,21)(H,19,20). The van der Waals surface area contributed by atoms with Crippen LogP contribution < -0.4 is 10.2 Å². The quantitative estimate of drug-likeness (QED) is 0.805. The summed E-state index contributed by atoms with van der Waals surface area (Å²) in [6, 6.07) is 7.65. The van der Waals surface area contributed by atoms with Gasteiger partial charge in [-0.05, 0) is 38.3 Å². The molecule has 1 aromatic rings. The molecule has 0 spiro atoms. The van der Waals surface area contributed by atoms with Crippen molar-refractivity contribution >= 4 is 17.6 Å². The molecule has 1 atom stereocenters. The number of amides is 1. The Labute approximate surface area is 125 Å². The number of carboxylic acid groups (broad SMARTS) is 1. The first-order chi connectivity index (χ1) is 9.99. The van der Waals surface area contributed by atoms with Gasteiger partial charge in [0.05, 0.1) is 6.42 Å². The summed E-state index contributed by atoms with van der Waals surface area (Å²) in [5.74, 6) is -0.894. The Kier molecular flexibility index (Phi) is 4.83. The summed E-state index contributed by atoms with van der Waals surface area (Å²) in [5, 5.41) is 11.9. The second-order valence-corrected chi connectivity index (χ2v) is 5.58. The maximum atomic E-state index is 12.3. The minimum atomic E-state index is -0.858. The Morgan fingerprint density at radius 3 is 2.62 bits per heavy atom. The van der Waals surface area contributed by atoms with Crippen LogP contribution >= 0.6 is 0 Å². The Morgan fingerprint density at radius 2 is 2.05 bits per heavy atom. The highest BCUT2D eigenvalue weighted by molar-refractivity contribution is 5.85. The van der Waals surface area contributed by atoms with E-state index in [1.165, 1.54) is 0 Å². The van der Waals surface area contributed by atoms with Crippen LogP contribution in [0.15, 0.2) is 24.3 Å². The summed E-state index contributed by atoms with van der Waals surface area (Å²) in [7, 11) is 0. The minimum absolute atomic E-state index is 0.00931. The van der Waals surface area contributed by atoms with Crippen LogP contribution in [0.4, 0.5) is 5.69 Å². The molecule has 1 saturated carbocycles. The minimum Gasteiger partial charge on any atom is -0.481 e. The van der Waals surface area contributed by atoms with E-state index in [4.69, 9.17) is 5.11 Å². The molecule has 0 aromatic heterocycles. The van der Waals surface area contributed by atoms with Crippen molar-refractivity contribution in [1.82, 2.24) is 5.32 Å². The fourth-order valence-corrected chi connectivity index (χ4v) is 2.32. The van der Waals surface area contributed by atoms with Crippen molar-refractivity contribution in [2.45, 2.75) is 45.2 Å². The van der Waals surface area contributed by atoms with Gasteiger partial charge in [0.25, 0.3) is 0 Å². The molecule has 114 valence electrons. The van der Waals surface area contributed by atoms with Crippen LogP contribution in [0.3, 0.4) is 0 Å². The zero-order valence-corrected chi connectivity index (χ0v) is 12.5. The van der Waals surface area contributed by atoms with E-state index in [-0.39, 0.29) is 18.4 Å². The molecule has 1 aliphatic carbocycles. The molecule has 21 heavy (non-hydrogen) atoms. The van der Waals surface area contributed by atoms with Crippen molar-refractivity contribution < 1.29 is 14.7 Å². The molecule has 5 heteroatoms. The molecule has 0 aliphatic heterocycles. The van der Waals surface area contributed by atoms with Gasteiger partial charge in [-0.25, -0.2) is 0 Å². The van der Waals surface area contributed by atoms with Gasteiger partial charge < -0.3 is 15.3 Å². The monoisotopic (exact) mass is 290 g/mol. The van der Waals surface area contributed by atoms with E-state index in [1.807, 2.05) is 43.0 Å². The van der Waals surface area contributed by atoms with Gasteiger partial charge in [0, 0.05) is 18.3 Å². The second kappa shape index (κ2) is 6.61. The predicted octanol–water partition coefficient (Wildman–Crippen LogP) is 1.94. The van der Waals surface area contributed by atoms with Crippen LogP contribution in [-0.4, -0.2) is 35.6 Å². The number of rotatable bonds is 7.